The molecule has 0 radical (unpaired) electrons. The van der Waals surface area contributed by atoms with Crippen LogP contribution in [0, 0.1) is 0 Å². The summed E-state index contributed by atoms with van der Waals surface area (Å²) in [5, 5.41) is 3.12. The number of methoxy groups -OCH3 is 2. The molecule has 2 heterocycles. The Morgan fingerprint density at radius 1 is 1.14 bits per heavy atom. The van der Waals surface area contributed by atoms with Crippen molar-refractivity contribution in [2.24, 2.45) is 0 Å². The topological polar surface area (TPSA) is 76.6 Å². The molecule has 1 aliphatic rings. The number of benzene rings is 2. The van der Waals surface area contributed by atoms with Gasteiger partial charge in [0.05, 0.1) is 19.9 Å². The fourth-order valence-corrected chi connectivity index (χ4v) is 3.57. The van der Waals surface area contributed by atoms with Crippen LogP contribution in [0.3, 0.4) is 0 Å². The maximum atomic E-state index is 13.2. The molecule has 0 spiro atoms. The lowest BCUT2D eigenvalue weighted by Gasteiger charge is -2.22. The number of anilines is 3. The number of carbonyl (C=O) groups is 1. The Morgan fingerprint density at radius 3 is 2.76 bits per heavy atom. The highest BCUT2D eigenvalue weighted by atomic mass is 16.5. The molecule has 148 valence electrons. The van der Waals surface area contributed by atoms with Crippen molar-refractivity contribution in [2.45, 2.75) is 19.4 Å². The molecule has 7 nitrogen and oxygen atoms in total. The second kappa shape index (κ2) is 7.79. The molecule has 0 saturated heterocycles. The zero-order valence-electron chi connectivity index (χ0n) is 16.5. The first-order valence-electron chi connectivity index (χ1n) is 9.34. The number of fused-ring (bicyclic) bond motifs is 1. The van der Waals surface area contributed by atoms with Crippen molar-refractivity contribution in [1.29, 1.82) is 0 Å². The van der Waals surface area contributed by atoms with Crippen LogP contribution in [0.25, 0.3) is 0 Å². The molecule has 0 fully saturated rings. The summed E-state index contributed by atoms with van der Waals surface area (Å²) < 4.78 is 10.6. The maximum Gasteiger partial charge on any atom is 0.277 e. The average Bonchev–Trinajstić information content (AvgIpc) is 3.09. The van der Waals surface area contributed by atoms with E-state index < -0.39 is 0 Å². The fourth-order valence-electron chi connectivity index (χ4n) is 3.57. The molecule has 1 unspecified atom stereocenters. The standard InChI is InChI=1S/C22H22N4O3/c1-14-12-15-6-4-5-7-19(15)26(14)21(27)17-10-11-23-22(24-17)25-18-13-16(28-2)8-9-20(18)29-3/h4-11,13-14H,12H2,1-3H3,(H,23,24,25). The third-order valence-corrected chi connectivity index (χ3v) is 4.95. The van der Waals surface area contributed by atoms with Gasteiger partial charge in [-0.15, -0.1) is 0 Å². The van der Waals surface area contributed by atoms with E-state index in [-0.39, 0.29) is 11.9 Å². The Hall–Kier alpha value is -3.61. The van der Waals surface area contributed by atoms with Gasteiger partial charge in [-0.1, -0.05) is 18.2 Å². The molecule has 1 N–H and O–H groups in total. The van der Waals surface area contributed by atoms with Gasteiger partial charge in [0, 0.05) is 24.0 Å². The lowest BCUT2D eigenvalue weighted by atomic mass is 10.1. The minimum Gasteiger partial charge on any atom is -0.497 e. The molecule has 3 aromatic rings. The Balaban J connectivity index is 1.62. The lowest BCUT2D eigenvalue weighted by Crippen LogP contribution is -2.36. The largest absolute Gasteiger partial charge is 0.497 e. The van der Waals surface area contributed by atoms with Crippen molar-refractivity contribution in [1.82, 2.24) is 9.97 Å². The Morgan fingerprint density at radius 2 is 1.97 bits per heavy atom. The number of ether oxygens (including phenoxy) is 2. The van der Waals surface area contributed by atoms with E-state index in [2.05, 4.69) is 21.4 Å². The minimum absolute atomic E-state index is 0.0738. The number of hydrogen-bond donors (Lipinski definition) is 1. The number of nitrogens with zero attached hydrogens (tertiary/aromatic N) is 3. The molecule has 29 heavy (non-hydrogen) atoms. The first-order chi connectivity index (χ1) is 14.1. The van der Waals surface area contributed by atoms with Gasteiger partial charge in [-0.3, -0.25) is 4.79 Å². The van der Waals surface area contributed by atoms with Crippen LogP contribution in [0.2, 0.25) is 0 Å². The zero-order valence-corrected chi connectivity index (χ0v) is 16.5. The molecule has 0 aliphatic carbocycles. The minimum atomic E-state index is -0.148. The first kappa shape index (κ1) is 18.7. The van der Waals surface area contributed by atoms with Gasteiger partial charge in [0.25, 0.3) is 5.91 Å². The molecule has 0 bridgehead atoms. The van der Waals surface area contributed by atoms with Crippen molar-refractivity contribution < 1.29 is 14.3 Å². The molecule has 0 saturated carbocycles. The highest BCUT2D eigenvalue weighted by Gasteiger charge is 2.32. The highest BCUT2D eigenvalue weighted by Crippen LogP contribution is 2.33. The van der Waals surface area contributed by atoms with Crippen molar-refractivity contribution in [3.8, 4) is 11.5 Å². The summed E-state index contributed by atoms with van der Waals surface area (Å²) in [6.07, 6.45) is 2.40. The van der Waals surface area contributed by atoms with Crippen molar-refractivity contribution in [2.75, 3.05) is 24.4 Å². The number of amides is 1. The normalized spacial score (nSPS) is 15.0. The van der Waals surface area contributed by atoms with E-state index in [0.717, 1.165) is 12.1 Å². The van der Waals surface area contributed by atoms with Gasteiger partial charge in [-0.2, -0.15) is 0 Å². The van der Waals surface area contributed by atoms with Gasteiger partial charge < -0.3 is 19.7 Å². The van der Waals surface area contributed by atoms with Crippen LogP contribution in [0.5, 0.6) is 11.5 Å². The van der Waals surface area contributed by atoms with E-state index in [9.17, 15) is 4.79 Å². The van der Waals surface area contributed by atoms with Crippen LogP contribution < -0.4 is 19.7 Å². The number of para-hydroxylation sites is 1. The van der Waals surface area contributed by atoms with Crippen LogP contribution in [-0.2, 0) is 6.42 Å². The smallest absolute Gasteiger partial charge is 0.277 e. The third kappa shape index (κ3) is 3.59. The number of hydrogen-bond acceptors (Lipinski definition) is 6. The molecule has 7 heteroatoms. The van der Waals surface area contributed by atoms with Crippen LogP contribution >= 0.6 is 0 Å². The molecule has 1 aromatic heterocycles. The van der Waals surface area contributed by atoms with Crippen LogP contribution in [0.4, 0.5) is 17.3 Å². The summed E-state index contributed by atoms with van der Waals surface area (Å²) in [5.41, 5.74) is 3.08. The van der Waals surface area contributed by atoms with E-state index in [1.807, 2.05) is 25.1 Å². The van der Waals surface area contributed by atoms with Gasteiger partial charge >= 0.3 is 0 Å². The highest BCUT2D eigenvalue weighted by molar-refractivity contribution is 6.06. The summed E-state index contributed by atoms with van der Waals surface area (Å²) in [7, 11) is 3.18. The van der Waals surface area contributed by atoms with E-state index in [1.54, 1.807) is 49.6 Å². The van der Waals surface area contributed by atoms with Crippen molar-refractivity contribution in [3.05, 3.63) is 66.0 Å². The molecule has 4 rings (SSSR count). The Labute approximate surface area is 169 Å². The van der Waals surface area contributed by atoms with Crippen LogP contribution in [0.15, 0.2) is 54.7 Å². The van der Waals surface area contributed by atoms with Crippen LogP contribution in [0.1, 0.15) is 23.0 Å². The number of nitrogens with one attached hydrogen (secondary N) is 1. The summed E-state index contributed by atoms with van der Waals surface area (Å²) in [6.45, 7) is 2.04. The number of carbonyl (C=O) groups excluding carboxylic acids is 1. The van der Waals surface area contributed by atoms with E-state index >= 15 is 0 Å². The summed E-state index contributed by atoms with van der Waals surface area (Å²) >= 11 is 0. The molecule has 1 amide bonds. The molecular formula is C22H22N4O3. The fraction of sp³-hybridized carbons (Fsp3) is 0.227. The van der Waals surface area contributed by atoms with Crippen molar-refractivity contribution >= 4 is 23.2 Å². The maximum absolute atomic E-state index is 13.2. The van der Waals surface area contributed by atoms with E-state index in [1.165, 1.54) is 5.56 Å². The Bertz CT molecular complexity index is 1050. The number of rotatable bonds is 5. The monoisotopic (exact) mass is 390 g/mol. The van der Waals surface area contributed by atoms with Gasteiger partial charge in [0.2, 0.25) is 5.95 Å². The first-order valence-corrected chi connectivity index (χ1v) is 9.34. The molecule has 2 aromatic carbocycles. The second-order valence-corrected chi connectivity index (χ2v) is 6.81. The predicted molar refractivity (Wildman–Crippen MR) is 111 cm³/mol. The lowest BCUT2D eigenvalue weighted by molar-refractivity contribution is 0.0976. The zero-order chi connectivity index (χ0) is 20.4. The summed E-state index contributed by atoms with van der Waals surface area (Å²) in [6, 6.07) is 15.0. The summed E-state index contributed by atoms with van der Waals surface area (Å²) in [4.78, 5) is 23.7. The molecule has 1 aliphatic heterocycles. The van der Waals surface area contributed by atoms with Crippen molar-refractivity contribution in [3.63, 3.8) is 0 Å². The summed E-state index contributed by atoms with van der Waals surface area (Å²) in [5.74, 6) is 1.45. The van der Waals surface area contributed by atoms with Gasteiger partial charge in [0.15, 0.2) is 0 Å². The van der Waals surface area contributed by atoms with E-state index in [0.29, 0.717) is 28.8 Å². The molecule has 1 atom stereocenters. The number of aromatic nitrogens is 2. The molecular weight excluding hydrogens is 368 g/mol. The second-order valence-electron chi connectivity index (χ2n) is 6.81. The van der Waals surface area contributed by atoms with E-state index in [4.69, 9.17) is 9.47 Å². The quantitative estimate of drug-likeness (QED) is 0.714. The van der Waals surface area contributed by atoms with Gasteiger partial charge in [-0.05, 0) is 43.2 Å². The van der Waals surface area contributed by atoms with Crippen LogP contribution in [-0.4, -0.2) is 36.1 Å². The predicted octanol–water partition coefficient (Wildman–Crippen LogP) is 3.83. The van der Waals surface area contributed by atoms with Gasteiger partial charge in [0.1, 0.15) is 17.2 Å². The Kier molecular flexibility index (Phi) is 5.03. The SMILES string of the molecule is COc1ccc(OC)c(Nc2nccc(C(=O)N3c4ccccc4CC3C)n2)c1. The van der Waals surface area contributed by atoms with Gasteiger partial charge in [-0.25, -0.2) is 9.97 Å². The average molecular weight is 390 g/mol. The third-order valence-electron chi connectivity index (χ3n) is 4.95.